The Bertz CT molecular complexity index is 1220. The quantitative estimate of drug-likeness (QED) is 0.647. The number of hydrogen-bond acceptors (Lipinski definition) is 5. The van der Waals surface area contributed by atoms with E-state index in [1.807, 2.05) is 55.5 Å². The number of ether oxygens (including phenoxy) is 2. The Kier molecular flexibility index (Phi) is 5.03. The van der Waals surface area contributed by atoms with Crippen molar-refractivity contribution in [1.82, 2.24) is 9.71 Å². The number of aromatic nitrogens is 1. The highest BCUT2D eigenvalue weighted by molar-refractivity contribution is 7.93. The van der Waals surface area contributed by atoms with Gasteiger partial charge in [-0.15, -0.1) is 0 Å². The molecule has 2 atom stereocenters. The van der Waals surface area contributed by atoms with Crippen LogP contribution in [0, 0.1) is 6.92 Å². The van der Waals surface area contributed by atoms with Crippen molar-refractivity contribution in [2.75, 3.05) is 0 Å². The molecule has 1 aromatic heterocycles. The van der Waals surface area contributed by atoms with Gasteiger partial charge in [-0.1, -0.05) is 24.3 Å². The van der Waals surface area contributed by atoms with Crippen molar-refractivity contribution in [3.05, 3.63) is 89.1 Å². The maximum Gasteiger partial charge on any atom is 0.257 e. The average molecular weight is 433 g/mol. The lowest BCUT2D eigenvalue weighted by molar-refractivity contribution is -0.114. The molecule has 3 aromatic rings. The van der Waals surface area contributed by atoms with Crippen molar-refractivity contribution < 1.29 is 18.5 Å². The van der Waals surface area contributed by atoms with Crippen LogP contribution in [0.2, 0.25) is 0 Å². The summed E-state index contributed by atoms with van der Waals surface area (Å²) in [4.78, 5) is 16.2. The fourth-order valence-electron chi connectivity index (χ4n) is 3.88. The second-order valence-electron chi connectivity index (χ2n) is 7.51. The second-order valence-corrected chi connectivity index (χ2v) is 8.69. The van der Waals surface area contributed by atoms with E-state index in [-0.39, 0.29) is 12.0 Å². The number of amides is 1. The molecule has 0 bridgehead atoms. The van der Waals surface area contributed by atoms with Crippen molar-refractivity contribution in [3.8, 4) is 17.4 Å². The minimum atomic E-state index is -1.50. The van der Waals surface area contributed by atoms with Crippen LogP contribution < -0.4 is 14.2 Å². The van der Waals surface area contributed by atoms with Gasteiger partial charge in [-0.3, -0.25) is 9.52 Å². The molecule has 156 valence electrons. The molecule has 7 heteroatoms. The summed E-state index contributed by atoms with van der Waals surface area (Å²) in [7, 11) is -1.50. The van der Waals surface area contributed by atoms with E-state index in [0.717, 1.165) is 46.6 Å². The summed E-state index contributed by atoms with van der Waals surface area (Å²) in [5.41, 5.74) is 4.09. The van der Waals surface area contributed by atoms with E-state index in [2.05, 4.69) is 15.8 Å². The monoisotopic (exact) mass is 432 g/mol. The zero-order valence-electron chi connectivity index (χ0n) is 16.8. The third-order valence-corrected chi connectivity index (χ3v) is 6.49. The predicted octanol–water partition coefficient (Wildman–Crippen LogP) is 4.38. The number of carbonyl (C=O) groups is 1. The molecular weight excluding hydrogens is 412 g/mol. The Labute approximate surface area is 182 Å². The molecule has 31 heavy (non-hydrogen) atoms. The van der Waals surface area contributed by atoms with Crippen molar-refractivity contribution in [3.63, 3.8) is 0 Å². The molecular formula is C24H20N2O4S. The number of pyridine rings is 1. The smallest absolute Gasteiger partial charge is 0.257 e. The van der Waals surface area contributed by atoms with E-state index >= 15 is 0 Å². The molecule has 1 N–H and O–H groups in total. The Balaban J connectivity index is 1.33. The van der Waals surface area contributed by atoms with Gasteiger partial charge in [0, 0.05) is 23.9 Å². The van der Waals surface area contributed by atoms with Gasteiger partial charge in [0.15, 0.2) is 11.0 Å². The van der Waals surface area contributed by atoms with Gasteiger partial charge in [0.05, 0.1) is 4.91 Å². The van der Waals surface area contributed by atoms with Gasteiger partial charge in [0.2, 0.25) is 5.88 Å². The highest BCUT2D eigenvalue weighted by Crippen LogP contribution is 2.40. The van der Waals surface area contributed by atoms with E-state index < -0.39 is 11.0 Å². The van der Waals surface area contributed by atoms with Crippen LogP contribution >= 0.6 is 0 Å². The Hall–Kier alpha value is -3.45. The summed E-state index contributed by atoms with van der Waals surface area (Å²) in [6.07, 6.45) is 4.75. The largest absolute Gasteiger partial charge is 0.486 e. The third kappa shape index (κ3) is 3.96. The Morgan fingerprint density at radius 1 is 1.13 bits per heavy atom. The molecule has 0 saturated carbocycles. The van der Waals surface area contributed by atoms with Gasteiger partial charge in [-0.25, -0.2) is 9.19 Å². The molecule has 0 radical (unpaired) electrons. The predicted molar refractivity (Wildman–Crippen MR) is 118 cm³/mol. The van der Waals surface area contributed by atoms with Gasteiger partial charge in [0.25, 0.3) is 5.91 Å². The number of benzene rings is 2. The van der Waals surface area contributed by atoms with Crippen LogP contribution in [0.3, 0.4) is 0 Å². The summed E-state index contributed by atoms with van der Waals surface area (Å²) in [6, 6.07) is 17.2. The SMILES string of the molecule is Cc1ccnc(Oc2cccc3c2CC[C@H]3Oc2ccc(C3=CC(=O)NS3=O)cc2)c1. The van der Waals surface area contributed by atoms with Gasteiger partial charge in [-0.2, -0.15) is 0 Å². The van der Waals surface area contributed by atoms with E-state index in [4.69, 9.17) is 9.47 Å². The van der Waals surface area contributed by atoms with Crippen LogP contribution in [0.1, 0.15) is 34.8 Å². The first-order chi connectivity index (χ1) is 15.1. The first kappa shape index (κ1) is 19.5. The lowest BCUT2D eigenvalue weighted by Gasteiger charge is -2.16. The van der Waals surface area contributed by atoms with Crippen LogP contribution in [0.15, 0.2) is 66.9 Å². The first-order valence-electron chi connectivity index (χ1n) is 10.0. The van der Waals surface area contributed by atoms with Gasteiger partial charge < -0.3 is 9.47 Å². The Morgan fingerprint density at radius 2 is 1.97 bits per heavy atom. The maximum absolute atomic E-state index is 11.9. The second kappa shape index (κ2) is 8.00. The summed E-state index contributed by atoms with van der Waals surface area (Å²) >= 11 is 0. The molecule has 6 nitrogen and oxygen atoms in total. The number of aryl methyl sites for hydroxylation is 1. The van der Waals surface area contributed by atoms with Crippen molar-refractivity contribution in [1.29, 1.82) is 0 Å². The highest BCUT2D eigenvalue weighted by Gasteiger charge is 2.27. The average Bonchev–Trinajstić information content (AvgIpc) is 3.32. The topological polar surface area (TPSA) is 77.5 Å². The van der Waals surface area contributed by atoms with Gasteiger partial charge in [0.1, 0.15) is 17.6 Å². The normalized spacial score (nSPS) is 19.5. The fourth-order valence-corrected chi connectivity index (χ4v) is 4.79. The van der Waals surface area contributed by atoms with E-state index in [1.54, 1.807) is 6.20 Å². The zero-order valence-corrected chi connectivity index (χ0v) is 17.6. The van der Waals surface area contributed by atoms with Crippen LogP contribution in [0.25, 0.3) is 4.91 Å². The fraction of sp³-hybridized carbons (Fsp3) is 0.167. The molecule has 1 amide bonds. The molecule has 0 saturated heterocycles. The van der Waals surface area contributed by atoms with Crippen LogP contribution in [-0.4, -0.2) is 15.1 Å². The summed E-state index contributed by atoms with van der Waals surface area (Å²) < 4.78 is 26.6. The lowest BCUT2D eigenvalue weighted by atomic mass is 10.1. The Morgan fingerprint density at radius 3 is 2.71 bits per heavy atom. The maximum atomic E-state index is 11.9. The van der Waals surface area contributed by atoms with Crippen molar-refractivity contribution >= 4 is 21.8 Å². The summed E-state index contributed by atoms with van der Waals surface area (Å²) in [5.74, 6) is 1.77. The van der Waals surface area contributed by atoms with Crippen LogP contribution in [0.5, 0.6) is 17.4 Å². The minimum absolute atomic E-state index is 0.0714. The molecule has 2 aliphatic rings. The van der Waals surface area contributed by atoms with Crippen molar-refractivity contribution in [2.45, 2.75) is 25.9 Å². The summed E-state index contributed by atoms with van der Waals surface area (Å²) in [6.45, 7) is 2.01. The number of nitrogens with zero attached hydrogens (tertiary/aromatic N) is 1. The number of hydrogen-bond donors (Lipinski definition) is 1. The van der Waals surface area contributed by atoms with Crippen LogP contribution in [0.4, 0.5) is 0 Å². The number of nitrogens with one attached hydrogen (secondary N) is 1. The van der Waals surface area contributed by atoms with E-state index in [1.165, 1.54) is 6.08 Å². The van der Waals surface area contributed by atoms with Gasteiger partial charge in [-0.05, 0) is 60.7 Å². The first-order valence-corrected chi connectivity index (χ1v) is 11.2. The minimum Gasteiger partial charge on any atom is -0.486 e. The molecule has 1 unspecified atom stereocenters. The highest BCUT2D eigenvalue weighted by atomic mass is 32.2. The van der Waals surface area contributed by atoms with E-state index in [9.17, 15) is 9.00 Å². The lowest BCUT2D eigenvalue weighted by Crippen LogP contribution is -2.16. The van der Waals surface area contributed by atoms with Crippen LogP contribution in [-0.2, 0) is 22.2 Å². The molecule has 0 spiro atoms. The standard InChI is InChI=1S/C24H20N2O4S/c1-15-11-12-25-24(13-15)30-20-4-2-3-18-19(20)9-10-21(18)29-17-7-5-16(6-8-17)22-14-23(27)26-31(22)28/h2-8,11-14,21H,9-10H2,1H3,(H,26,27)/t21-,31?/m1/s1. The molecule has 5 rings (SSSR count). The van der Waals surface area contributed by atoms with Crippen molar-refractivity contribution in [2.24, 2.45) is 0 Å². The number of rotatable bonds is 5. The third-order valence-electron chi connectivity index (χ3n) is 5.35. The molecule has 2 heterocycles. The van der Waals surface area contributed by atoms with E-state index in [0.29, 0.717) is 10.8 Å². The number of carbonyl (C=O) groups excluding carboxylic acids is 1. The zero-order chi connectivity index (χ0) is 21.4. The van der Waals surface area contributed by atoms with Gasteiger partial charge >= 0.3 is 0 Å². The molecule has 1 aliphatic heterocycles. The summed E-state index contributed by atoms with van der Waals surface area (Å²) in [5, 5.41) is 0. The number of fused-ring (bicyclic) bond motifs is 1. The molecule has 1 aliphatic carbocycles. The molecule has 0 fully saturated rings. The molecule has 2 aromatic carbocycles.